The standard InChI is InChI=1S/C21H25.C11H9.C8H8.Zr/c1-20(2,3)16-9-7-14-11-15-8-10-17(21(4,5)6)13-19(15)18(14)12-16;1-2-6-10(7-3-1)11-8-4-5-9-11;1-2-8-6-4-3-5-7-8;/h7,9-10,12-13H,11H2,1-6H3;1-3,6-9H,4H2;1,3-7H,2H2;/q2*-1;;+2. The Kier molecular flexibility index (Phi) is 10.5. The number of rotatable bonds is 3. The number of benzene rings is 4. The van der Waals surface area contributed by atoms with Crippen LogP contribution in [0, 0.1) is 12.1 Å². The predicted octanol–water partition coefficient (Wildman–Crippen LogP) is 10.1. The third kappa shape index (κ3) is 8.56. The van der Waals surface area contributed by atoms with Crippen molar-refractivity contribution in [1.29, 1.82) is 0 Å². The van der Waals surface area contributed by atoms with Gasteiger partial charge in [-0.15, -0.1) is 17.5 Å². The molecular weight excluding hydrogens is 572 g/mol. The van der Waals surface area contributed by atoms with Crippen LogP contribution >= 0.6 is 0 Å². The Labute approximate surface area is 263 Å². The van der Waals surface area contributed by atoms with Gasteiger partial charge < -0.3 is 0 Å². The average Bonchev–Trinajstić information content (AvgIpc) is 3.62. The maximum atomic E-state index is 3.53. The van der Waals surface area contributed by atoms with Crippen LogP contribution < -0.4 is 0 Å². The molecule has 0 amide bonds. The summed E-state index contributed by atoms with van der Waals surface area (Å²) >= 11 is 1.51. The fraction of sp³-hybridized carbons (Fsp3) is 0.275. The minimum absolute atomic E-state index is 0.177. The molecule has 0 aliphatic heterocycles. The summed E-state index contributed by atoms with van der Waals surface area (Å²) in [5.41, 5.74) is 12.8. The molecule has 41 heavy (non-hydrogen) atoms. The molecule has 206 valence electrons. The summed E-state index contributed by atoms with van der Waals surface area (Å²) in [6.07, 6.45) is 10.5. The molecule has 0 aromatic heterocycles. The van der Waals surface area contributed by atoms with Gasteiger partial charge in [-0.05, 0) is 17.4 Å². The number of hydrogen-bond acceptors (Lipinski definition) is 0. The van der Waals surface area contributed by atoms with Gasteiger partial charge in [-0.2, -0.15) is 41.0 Å². The van der Waals surface area contributed by atoms with Crippen LogP contribution in [0.4, 0.5) is 0 Å². The van der Waals surface area contributed by atoms with Crippen molar-refractivity contribution < 1.29 is 24.2 Å². The van der Waals surface area contributed by atoms with Crippen LogP contribution in [0.3, 0.4) is 0 Å². The molecule has 0 spiro atoms. The average molecular weight is 614 g/mol. The Morgan fingerprint density at radius 2 is 1.39 bits per heavy atom. The first-order chi connectivity index (χ1) is 19.6. The quantitative estimate of drug-likeness (QED) is 0.178. The maximum absolute atomic E-state index is 3.53. The fourth-order valence-electron chi connectivity index (χ4n) is 4.95. The molecule has 0 nitrogen and oxygen atoms in total. The first-order valence-corrected chi connectivity index (χ1v) is 16.0. The van der Waals surface area contributed by atoms with Crippen molar-refractivity contribution >= 4 is 9.28 Å². The fourth-order valence-corrected chi connectivity index (χ4v) is 5.52. The summed E-state index contributed by atoms with van der Waals surface area (Å²) in [4.78, 5) is 0. The summed E-state index contributed by atoms with van der Waals surface area (Å²) in [7, 11) is 0. The van der Waals surface area contributed by atoms with Gasteiger partial charge in [0.1, 0.15) is 0 Å². The number of allylic oxidation sites excluding steroid dienone is 4. The van der Waals surface area contributed by atoms with E-state index >= 15 is 0 Å². The SMILES string of the molecule is CC(C)(C)c1c[c-]c2c(c1)-c1cc(C(C)(C)C)ccc1C2.[C-]1=CC(c2ccccc2)=CC1.[Zr+2]=[CH]Cc1ccccc1. The van der Waals surface area contributed by atoms with Gasteiger partial charge in [-0.25, -0.2) is 6.08 Å². The third-order valence-corrected chi connectivity index (χ3v) is 8.01. The molecule has 2 aliphatic carbocycles. The molecule has 0 heterocycles. The molecule has 0 bridgehead atoms. The zero-order valence-electron chi connectivity index (χ0n) is 25.5. The second-order valence-electron chi connectivity index (χ2n) is 12.8. The Morgan fingerprint density at radius 3 is 1.98 bits per heavy atom. The summed E-state index contributed by atoms with van der Waals surface area (Å²) in [6.45, 7) is 13.6. The van der Waals surface area contributed by atoms with Crippen LogP contribution in [0.2, 0.25) is 0 Å². The van der Waals surface area contributed by atoms with E-state index in [0.29, 0.717) is 0 Å². The predicted molar refractivity (Wildman–Crippen MR) is 174 cm³/mol. The van der Waals surface area contributed by atoms with Crippen molar-refractivity contribution in [3.05, 3.63) is 149 Å². The first kappa shape index (κ1) is 31.1. The molecule has 2 aliphatic rings. The minimum atomic E-state index is 0.177. The monoisotopic (exact) mass is 612 g/mol. The summed E-state index contributed by atoms with van der Waals surface area (Å²) in [6, 6.07) is 36.0. The number of hydrogen-bond donors (Lipinski definition) is 0. The van der Waals surface area contributed by atoms with E-state index in [1.165, 1.54) is 74.3 Å². The summed E-state index contributed by atoms with van der Waals surface area (Å²) < 4.78 is 2.25. The zero-order valence-corrected chi connectivity index (χ0v) is 28.0. The Hall–Kier alpha value is -2.89. The van der Waals surface area contributed by atoms with Gasteiger partial charge in [-0.1, -0.05) is 107 Å². The first-order valence-electron chi connectivity index (χ1n) is 14.6. The van der Waals surface area contributed by atoms with E-state index in [2.05, 4.69) is 148 Å². The second-order valence-corrected chi connectivity index (χ2v) is 13.8. The van der Waals surface area contributed by atoms with Gasteiger partial charge in [0.05, 0.1) is 0 Å². The van der Waals surface area contributed by atoms with Crippen LogP contribution in [0.5, 0.6) is 0 Å². The molecule has 0 unspecified atom stereocenters. The van der Waals surface area contributed by atoms with Crippen molar-refractivity contribution in [2.24, 2.45) is 0 Å². The van der Waals surface area contributed by atoms with E-state index in [-0.39, 0.29) is 10.8 Å². The van der Waals surface area contributed by atoms with Crippen LogP contribution in [-0.4, -0.2) is 3.71 Å². The van der Waals surface area contributed by atoms with Gasteiger partial charge in [0.15, 0.2) is 0 Å². The Bertz CT molecular complexity index is 1450. The van der Waals surface area contributed by atoms with Gasteiger partial charge in [0, 0.05) is 0 Å². The van der Waals surface area contributed by atoms with Gasteiger partial charge >= 0.3 is 70.3 Å². The topological polar surface area (TPSA) is 0 Å². The molecule has 0 radical (unpaired) electrons. The van der Waals surface area contributed by atoms with Gasteiger partial charge in [0.2, 0.25) is 0 Å². The van der Waals surface area contributed by atoms with Crippen molar-refractivity contribution in [3.8, 4) is 11.1 Å². The van der Waals surface area contributed by atoms with E-state index in [9.17, 15) is 0 Å². The molecule has 0 N–H and O–H groups in total. The summed E-state index contributed by atoms with van der Waals surface area (Å²) in [5, 5.41) is 0. The molecule has 0 atom stereocenters. The van der Waals surface area contributed by atoms with E-state index in [4.69, 9.17) is 0 Å². The molecule has 1 heteroatoms. The van der Waals surface area contributed by atoms with Crippen LogP contribution in [0.25, 0.3) is 16.7 Å². The van der Waals surface area contributed by atoms with Gasteiger partial charge in [-0.3, -0.25) is 6.08 Å². The van der Waals surface area contributed by atoms with Crippen molar-refractivity contribution in [3.63, 3.8) is 0 Å². The molecule has 4 aromatic carbocycles. The van der Waals surface area contributed by atoms with E-state index in [0.717, 1.165) is 19.3 Å². The second kappa shape index (κ2) is 13.9. The third-order valence-electron chi connectivity index (χ3n) is 7.51. The normalized spacial score (nSPS) is 13.2. The van der Waals surface area contributed by atoms with Crippen LogP contribution in [0.15, 0.2) is 103 Å². The molecule has 0 saturated carbocycles. The number of fused-ring (bicyclic) bond motifs is 3. The van der Waals surface area contributed by atoms with Gasteiger partial charge in [0.25, 0.3) is 0 Å². The molecular formula is C40H42Zr. The van der Waals surface area contributed by atoms with E-state index in [1.807, 2.05) is 12.1 Å². The van der Waals surface area contributed by atoms with E-state index < -0.39 is 0 Å². The van der Waals surface area contributed by atoms with E-state index in [1.54, 1.807) is 0 Å². The Balaban J connectivity index is 0.000000161. The molecule has 4 aromatic rings. The van der Waals surface area contributed by atoms with Crippen LogP contribution in [-0.2, 0) is 47.9 Å². The van der Waals surface area contributed by atoms with Crippen molar-refractivity contribution in [1.82, 2.24) is 0 Å². The van der Waals surface area contributed by atoms with Crippen molar-refractivity contribution in [2.45, 2.75) is 71.6 Å². The Morgan fingerprint density at radius 1 is 0.756 bits per heavy atom. The molecule has 0 fully saturated rings. The molecule has 0 saturated heterocycles. The van der Waals surface area contributed by atoms with Crippen molar-refractivity contribution in [2.75, 3.05) is 0 Å². The zero-order chi connectivity index (χ0) is 29.5. The summed E-state index contributed by atoms with van der Waals surface area (Å²) in [5.74, 6) is 0. The molecule has 6 rings (SSSR count). The van der Waals surface area contributed by atoms with Crippen LogP contribution in [0.1, 0.15) is 81.3 Å².